The minimum Gasteiger partial charge on any atom is -0.398 e. The smallest absolute Gasteiger partial charge is 0.233 e. The Labute approximate surface area is 92.4 Å². The summed E-state index contributed by atoms with van der Waals surface area (Å²) in [4.78, 5) is 23.7. The Hall–Kier alpha value is -2.30. The fourth-order valence-corrected chi connectivity index (χ4v) is 1.23. The van der Waals surface area contributed by atoms with Crippen LogP contribution in [0, 0.1) is 6.92 Å². The molecule has 0 aliphatic carbocycles. The number of hydrogen-bond donors (Lipinski definition) is 1. The van der Waals surface area contributed by atoms with Gasteiger partial charge >= 0.3 is 0 Å². The third kappa shape index (κ3) is 1.88. The van der Waals surface area contributed by atoms with Crippen LogP contribution in [0.4, 0.5) is 5.69 Å². The van der Waals surface area contributed by atoms with Gasteiger partial charge in [-0.05, 0) is 18.6 Å². The molecule has 5 heteroatoms. The lowest BCUT2D eigenvalue weighted by Gasteiger charge is -2.02. The number of carbonyl (C=O) groups is 1. The van der Waals surface area contributed by atoms with Gasteiger partial charge in [-0.2, -0.15) is 0 Å². The molecule has 5 nitrogen and oxygen atoms in total. The molecule has 2 aromatic heterocycles. The third-order valence-corrected chi connectivity index (χ3v) is 2.08. The second kappa shape index (κ2) is 4.06. The first-order valence-corrected chi connectivity index (χ1v) is 4.71. The maximum absolute atomic E-state index is 11.9. The number of ketones is 1. The number of nitrogens with two attached hydrogens (primary N) is 1. The van der Waals surface area contributed by atoms with Crippen LogP contribution >= 0.6 is 0 Å². The van der Waals surface area contributed by atoms with E-state index in [9.17, 15) is 4.79 Å². The summed E-state index contributed by atoms with van der Waals surface area (Å²) in [5, 5.41) is 0. The van der Waals surface area contributed by atoms with Crippen LogP contribution in [0.2, 0.25) is 0 Å². The molecule has 80 valence electrons. The van der Waals surface area contributed by atoms with Crippen LogP contribution in [-0.4, -0.2) is 20.7 Å². The van der Waals surface area contributed by atoms with Gasteiger partial charge in [0.25, 0.3) is 0 Å². The Morgan fingerprint density at radius 3 is 2.56 bits per heavy atom. The van der Waals surface area contributed by atoms with Gasteiger partial charge in [-0.3, -0.25) is 9.78 Å². The average molecular weight is 214 g/mol. The highest BCUT2D eigenvalue weighted by Crippen LogP contribution is 2.12. The Balaban J connectivity index is 2.40. The maximum Gasteiger partial charge on any atom is 0.233 e. The zero-order valence-electron chi connectivity index (χ0n) is 8.71. The minimum absolute atomic E-state index is 0.130. The van der Waals surface area contributed by atoms with Gasteiger partial charge < -0.3 is 5.73 Å². The molecule has 0 fully saturated rings. The SMILES string of the molecule is Cc1cnc(C(=O)c2cnccc2N)nc1. The van der Waals surface area contributed by atoms with Gasteiger partial charge in [-0.15, -0.1) is 0 Å². The molecule has 2 N–H and O–H groups in total. The topological polar surface area (TPSA) is 81.8 Å². The van der Waals surface area contributed by atoms with Gasteiger partial charge in [0, 0.05) is 30.5 Å². The summed E-state index contributed by atoms with van der Waals surface area (Å²) in [5.74, 6) is -0.184. The molecule has 0 spiro atoms. The molecule has 16 heavy (non-hydrogen) atoms. The number of hydrogen-bond acceptors (Lipinski definition) is 5. The number of aromatic nitrogens is 3. The largest absolute Gasteiger partial charge is 0.398 e. The fourth-order valence-electron chi connectivity index (χ4n) is 1.23. The number of nitrogens with zero attached hydrogens (tertiary/aromatic N) is 3. The predicted molar refractivity (Wildman–Crippen MR) is 58.9 cm³/mol. The Bertz CT molecular complexity index is 522. The van der Waals surface area contributed by atoms with Crippen LogP contribution in [0.5, 0.6) is 0 Å². The van der Waals surface area contributed by atoms with E-state index in [1.54, 1.807) is 18.5 Å². The van der Waals surface area contributed by atoms with Crippen LogP contribution in [0.15, 0.2) is 30.9 Å². The molecular formula is C11H10N4O. The summed E-state index contributed by atoms with van der Waals surface area (Å²) in [7, 11) is 0. The first kappa shape index (κ1) is 10.2. The Kier molecular flexibility index (Phi) is 2.59. The molecule has 0 aliphatic rings. The number of carbonyl (C=O) groups excluding carboxylic acids is 1. The summed E-state index contributed by atoms with van der Waals surface area (Å²) in [6, 6.07) is 1.57. The van der Waals surface area contributed by atoms with Crippen LogP contribution in [0.3, 0.4) is 0 Å². The zero-order valence-corrected chi connectivity index (χ0v) is 8.71. The molecule has 0 saturated carbocycles. The van der Waals surface area contributed by atoms with Crippen molar-refractivity contribution >= 4 is 11.5 Å². The number of aryl methyl sites for hydroxylation is 1. The van der Waals surface area contributed by atoms with Crippen molar-refractivity contribution < 1.29 is 4.79 Å². The van der Waals surface area contributed by atoms with Crippen molar-refractivity contribution in [3.8, 4) is 0 Å². The number of anilines is 1. The van der Waals surface area contributed by atoms with E-state index < -0.39 is 0 Å². The molecule has 2 aromatic rings. The van der Waals surface area contributed by atoms with E-state index in [0.29, 0.717) is 11.3 Å². The van der Waals surface area contributed by atoms with Crippen molar-refractivity contribution in [2.24, 2.45) is 0 Å². The van der Waals surface area contributed by atoms with Gasteiger partial charge in [0.15, 0.2) is 0 Å². The van der Waals surface area contributed by atoms with Crippen LogP contribution in [0.25, 0.3) is 0 Å². The molecule has 0 aliphatic heterocycles. The highest BCUT2D eigenvalue weighted by Gasteiger charge is 2.14. The van der Waals surface area contributed by atoms with E-state index >= 15 is 0 Å². The van der Waals surface area contributed by atoms with Gasteiger partial charge in [0.1, 0.15) is 0 Å². The summed E-state index contributed by atoms with van der Waals surface area (Å²) >= 11 is 0. The van der Waals surface area contributed by atoms with Crippen molar-refractivity contribution in [1.29, 1.82) is 0 Å². The van der Waals surface area contributed by atoms with E-state index in [0.717, 1.165) is 5.56 Å². The highest BCUT2D eigenvalue weighted by atomic mass is 16.1. The fraction of sp³-hybridized carbons (Fsp3) is 0.0909. The number of pyridine rings is 1. The summed E-state index contributed by atoms with van der Waals surface area (Å²) < 4.78 is 0. The highest BCUT2D eigenvalue weighted by molar-refractivity contribution is 6.09. The first-order valence-electron chi connectivity index (χ1n) is 4.71. The van der Waals surface area contributed by atoms with Gasteiger partial charge in [0.05, 0.1) is 5.56 Å². The van der Waals surface area contributed by atoms with Crippen LogP contribution in [-0.2, 0) is 0 Å². The predicted octanol–water partition coefficient (Wildman–Crippen LogP) is 0.993. The van der Waals surface area contributed by atoms with Crippen molar-refractivity contribution in [2.75, 3.05) is 5.73 Å². The minimum atomic E-state index is -0.314. The van der Waals surface area contributed by atoms with E-state index in [4.69, 9.17) is 5.73 Å². The molecule has 2 heterocycles. The second-order valence-electron chi connectivity index (χ2n) is 3.38. The standard InChI is InChI=1S/C11H10N4O/c1-7-4-14-11(15-5-7)10(16)8-6-13-3-2-9(8)12/h2-6H,1H3,(H2,12,13). The van der Waals surface area contributed by atoms with Gasteiger partial charge in [0.2, 0.25) is 11.6 Å². The molecule has 0 aromatic carbocycles. The molecule has 0 amide bonds. The molecule has 0 saturated heterocycles. The molecule has 2 rings (SSSR count). The second-order valence-corrected chi connectivity index (χ2v) is 3.38. The normalized spacial score (nSPS) is 10.1. The third-order valence-electron chi connectivity index (χ3n) is 2.08. The first-order chi connectivity index (χ1) is 7.68. The molecule has 0 atom stereocenters. The van der Waals surface area contributed by atoms with Crippen LogP contribution in [0.1, 0.15) is 21.7 Å². The lowest BCUT2D eigenvalue weighted by atomic mass is 10.1. The molecule has 0 unspecified atom stereocenters. The van der Waals surface area contributed by atoms with Crippen molar-refractivity contribution in [1.82, 2.24) is 15.0 Å². The summed E-state index contributed by atoms with van der Waals surface area (Å²) in [6.07, 6.45) is 6.13. The number of rotatable bonds is 2. The Morgan fingerprint density at radius 1 is 1.25 bits per heavy atom. The average Bonchev–Trinajstić information content (AvgIpc) is 2.30. The number of nitrogen functional groups attached to an aromatic ring is 1. The summed E-state index contributed by atoms with van der Waals surface area (Å²) in [6.45, 7) is 1.85. The van der Waals surface area contributed by atoms with Gasteiger partial charge in [-0.25, -0.2) is 9.97 Å². The lowest BCUT2D eigenvalue weighted by Crippen LogP contribution is -2.09. The molecule has 0 radical (unpaired) electrons. The molecule has 0 bridgehead atoms. The van der Waals surface area contributed by atoms with Crippen molar-refractivity contribution in [2.45, 2.75) is 6.92 Å². The monoisotopic (exact) mass is 214 g/mol. The van der Waals surface area contributed by atoms with E-state index in [1.807, 2.05) is 6.92 Å². The molecular weight excluding hydrogens is 204 g/mol. The quantitative estimate of drug-likeness (QED) is 0.754. The van der Waals surface area contributed by atoms with E-state index in [2.05, 4.69) is 15.0 Å². The van der Waals surface area contributed by atoms with Crippen LogP contribution < -0.4 is 5.73 Å². The maximum atomic E-state index is 11.9. The van der Waals surface area contributed by atoms with Crippen molar-refractivity contribution in [3.05, 3.63) is 47.8 Å². The summed E-state index contributed by atoms with van der Waals surface area (Å²) in [5.41, 5.74) is 7.28. The van der Waals surface area contributed by atoms with Gasteiger partial charge in [-0.1, -0.05) is 0 Å². The zero-order chi connectivity index (χ0) is 11.5. The van der Waals surface area contributed by atoms with E-state index in [-0.39, 0.29) is 11.6 Å². The van der Waals surface area contributed by atoms with Crippen molar-refractivity contribution in [3.63, 3.8) is 0 Å². The van der Waals surface area contributed by atoms with E-state index in [1.165, 1.54) is 12.4 Å². The Morgan fingerprint density at radius 2 is 1.94 bits per heavy atom. The lowest BCUT2D eigenvalue weighted by molar-refractivity contribution is 0.103.